The highest BCUT2D eigenvalue weighted by atomic mass is 35.5. The van der Waals surface area contributed by atoms with Crippen molar-refractivity contribution in [3.63, 3.8) is 0 Å². The number of nitrogens with one attached hydrogen (secondary N) is 2. The Morgan fingerprint density at radius 2 is 1.80 bits per heavy atom. The Hall–Kier alpha value is -5.35. The van der Waals surface area contributed by atoms with Crippen LogP contribution in [0.2, 0.25) is 5.02 Å². The number of thiophene rings is 1. The van der Waals surface area contributed by atoms with E-state index in [1.807, 2.05) is 37.5 Å². The van der Waals surface area contributed by atoms with E-state index in [4.69, 9.17) is 21.3 Å². The van der Waals surface area contributed by atoms with Crippen LogP contribution in [0.4, 0.5) is 8.78 Å². The van der Waals surface area contributed by atoms with Gasteiger partial charge in [0.05, 0.1) is 29.9 Å². The maximum atomic E-state index is 15.1. The summed E-state index contributed by atoms with van der Waals surface area (Å²) < 4.78 is 37.6. The van der Waals surface area contributed by atoms with Crippen molar-refractivity contribution in [3.8, 4) is 10.8 Å². The Morgan fingerprint density at radius 3 is 2.54 bits per heavy atom. The van der Waals surface area contributed by atoms with Gasteiger partial charge in [0.15, 0.2) is 5.82 Å². The first-order chi connectivity index (χ1) is 25.7. The summed E-state index contributed by atoms with van der Waals surface area (Å²) in [5, 5.41) is 14.8. The van der Waals surface area contributed by atoms with Crippen molar-refractivity contribution >= 4 is 58.2 Å². The number of halogens is 3. The van der Waals surface area contributed by atoms with Crippen LogP contribution < -0.4 is 15.4 Å². The first-order valence-corrected chi connectivity index (χ1v) is 18.4. The van der Waals surface area contributed by atoms with Gasteiger partial charge >= 0.3 is 0 Å². The number of benzene rings is 2. The predicted molar refractivity (Wildman–Crippen MR) is 194 cm³/mol. The Kier molecular flexibility index (Phi) is 9.91. The third-order valence-corrected chi connectivity index (χ3v) is 11.1. The van der Waals surface area contributed by atoms with Crippen molar-refractivity contribution < 1.29 is 37.5 Å². The van der Waals surface area contributed by atoms with E-state index in [1.165, 1.54) is 18.2 Å². The SMILES string of the molecule is Cc1sc2c(c1C)C(c1ccc(Cl)cc1)=N[C@@H](CC(=O)NCCC(F)(F)CCOc1cccc3c1C(=O)N(C1CCC(=O)NC1=O)C3=O)c1nnc(C)n1-2. The van der Waals surface area contributed by atoms with Crippen molar-refractivity contribution in [1.82, 2.24) is 30.3 Å². The van der Waals surface area contributed by atoms with E-state index in [9.17, 15) is 24.0 Å². The molecule has 2 aromatic carbocycles. The molecule has 2 aromatic heterocycles. The van der Waals surface area contributed by atoms with Crippen molar-refractivity contribution in [2.45, 2.75) is 70.9 Å². The van der Waals surface area contributed by atoms with Crippen LogP contribution in [0.15, 0.2) is 47.5 Å². The van der Waals surface area contributed by atoms with Crippen LogP contribution in [0.1, 0.15) is 92.1 Å². The van der Waals surface area contributed by atoms with E-state index >= 15 is 8.78 Å². The molecule has 4 aromatic rings. The lowest BCUT2D eigenvalue weighted by atomic mass is 9.99. The van der Waals surface area contributed by atoms with Crippen LogP contribution in [-0.4, -0.2) is 80.0 Å². The number of imide groups is 2. The summed E-state index contributed by atoms with van der Waals surface area (Å²) in [7, 11) is 0. The maximum Gasteiger partial charge on any atom is 0.266 e. The zero-order chi connectivity index (χ0) is 38.5. The average molecular weight is 778 g/mol. The van der Waals surface area contributed by atoms with E-state index < -0.39 is 67.0 Å². The maximum absolute atomic E-state index is 15.1. The molecule has 3 aliphatic heterocycles. The van der Waals surface area contributed by atoms with E-state index in [0.717, 1.165) is 31.5 Å². The summed E-state index contributed by atoms with van der Waals surface area (Å²) in [5.74, 6) is -5.55. The van der Waals surface area contributed by atoms with Crippen molar-refractivity contribution in [2.24, 2.45) is 4.99 Å². The zero-order valence-corrected chi connectivity index (χ0v) is 30.9. The first kappa shape index (κ1) is 37.0. The Balaban J connectivity index is 0.987. The molecule has 2 N–H and O–H groups in total. The molecule has 280 valence electrons. The molecule has 13 nitrogen and oxygen atoms in total. The monoisotopic (exact) mass is 777 g/mol. The number of hydrogen-bond acceptors (Lipinski definition) is 10. The highest BCUT2D eigenvalue weighted by Gasteiger charge is 2.46. The molecule has 0 aliphatic carbocycles. The third-order valence-electron chi connectivity index (χ3n) is 9.70. The van der Waals surface area contributed by atoms with Gasteiger partial charge < -0.3 is 10.1 Å². The summed E-state index contributed by atoms with van der Waals surface area (Å²) in [6, 6.07) is 9.53. The van der Waals surface area contributed by atoms with E-state index in [-0.39, 0.29) is 42.7 Å². The second-order valence-electron chi connectivity index (χ2n) is 13.3. The van der Waals surface area contributed by atoms with Crippen LogP contribution in [0.3, 0.4) is 0 Å². The number of alkyl halides is 2. The number of nitrogens with zero attached hydrogens (tertiary/aromatic N) is 5. The summed E-state index contributed by atoms with van der Waals surface area (Å²) in [6.45, 7) is 5.02. The van der Waals surface area contributed by atoms with Gasteiger partial charge in [-0.15, -0.1) is 21.5 Å². The topological polar surface area (TPSA) is 165 Å². The lowest BCUT2D eigenvalue weighted by Gasteiger charge is -2.27. The minimum Gasteiger partial charge on any atom is -0.492 e. The molecule has 1 fully saturated rings. The van der Waals surface area contributed by atoms with Crippen molar-refractivity contribution in [3.05, 3.63) is 91.8 Å². The molecular weight excluding hydrogens is 744 g/mol. The van der Waals surface area contributed by atoms with Gasteiger partial charge in [-0.25, -0.2) is 8.78 Å². The fourth-order valence-electron chi connectivity index (χ4n) is 6.80. The number of carbonyl (C=O) groups excluding carboxylic acids is 5. The molecule has 0 saturated carbocycles. The van der Waals surface area contributed by atoms with Crippen LogP contribution in [0, 0.1) is 20.8 Å². The highest BCUT2D eigenvalue weighted by Crippen LogP contribution is 2.40. The number of carbonyl (C=O) groups is 5. The van der Waals surface area contributed by atoms with Crippen LogP contribution in [0.5, 0.6) is 5.75 Å². The quantitative estimate of drug-likeness (QED) is 0.196. The van der Waals surface area contributed by atoms with Gasteiger partial charge in [-0.05, 0) is 57.0 Å². The summed E-state index contributed by atoms with van der Waals surface area (Å²) in [6.07, 6.45) is -1.67. The number of aromatic nitrogens is 3. The normalized spacial score (nSPS) is 18.1. The molecule has 1 unspecified atom stereocenters. The van der Waals surface area contributed by atoms with Gasteiger partial charge in [0.1, 0.15) is 28.7 Å². The average Bonchev–Trinajstić information content (AvgIpc) is 3.70. The molecule has 3 aliphatic rings. The van der Waals surface area contributed by atoms with Crippen LogP contribution >= 0.6 is 22.9 Å². The predicted octanol–water partition coefficient (Wildman–Crippen LogP) is 5.20. The molecule has 17 heteroatoms. The number of fused-ring (bicyclic) bond motifs is 4. The number of piperidine rings is 1. The molecule has 0 radical (unpaired) electrons. The lowest BCUT2D eigenvalue weighted by Crippen LogP contribution is -2.54. The largest absolute Gasteiger partial charge is 0.492 e. The fraction of sp³-hybridized carbons (Fsp3) is 0.351. The lowest BCUT2D eigenvalue weighted by molar-refractivity contribution is -0.136. The summed E-state index contributed by atoms with van der Waals surface area (Å²) >= 11 is 7.75. The van der Waals surface area contributed by atoms with Gasteiger partial charge in [-0.2, -0.15) is 0 Å². The number of hydrogen-bond donors (Lipinski definition) is 2. The number of amides is 5. The molecule has 54 heavy (non-hydrogen) atoms. The Morgan fingerprint density at radius 1 is 1.04 bits per heavy atom. The van der Waals surface area contributed by atoms with Gasteiger partial charge in [-0.3, -0.25) is 43.7 Å². The van der Waals surface area contributed by atoms with Crippen LogP contribution in [-0.2, 0) is 14.4 Å². The number of rotatable bonds is 11. The fourth-order valence-corrected chi connectivity index (χ4v) is 8.14. The second kappa shape index (κ2) is 14.5. The van der Waals surface area contributed by atoms with E-state index in [2.05, 4.69) is 20.8 Å². The molecule has 5 amide bonds. The standard InChI is InChI=1S/C37H34ClF2N7O6S/c1-18-19(2)54-36-29(18)31(21-7-9-22(38)10-8-21)42-24(32-45-44-20(3)46(32)36)17-28(49)41-15-13-37(39,40)14-16-53-26-6-4-5-23-30(26)35(52)47(34(23)51)25-11-12-27(48)43-33(25)50/h4-10,24-25H,11-17H2,1-3H3,(H,41,49)(H,43,48,50)/t24-,25?/m0/s1. The minimum atomic E-state index is -3.26. The van der Waals surface area contributed by atoms with Gasteiger partial charge in [0.25, 0.3) is 17.7 Å². The van der Waals surface area contributed by atoms with Gasteiger partial charge in [0, 0.05) is 46.8 Å². The smallest absolute Gasteiger partial charge is 0.266 e. The van der Waals surface area contributed by atoms with Gasteiger partial charge in [-0.1, -0.05) is 29.8 Å². The highest BCUT2D eigenvalue weighted by molar-refractivity contribution is 7.15. The van der Waals surface area contributed by atoms with E-state index in [0.29, 0.717) is 22.4 Å². The van der Waals surface area contributed by atoms with Crippen molar-refractivity contribution in [2.75, 3.05) is 13.2 Å². The second-order valence-corrected chi connectivity index (χ2v) is 14.9. The van der Waals surface area contributed by atoms with E-state index in [1.54, 1.807) is 23.5 Å². The van der Waals surface area contributed by atoms with Crippen molar-refractivity contribution in [1.29, 1.82) is 0 Å². The zero-order valence-electron chi connectivity index (χ0n) is 29.4. The molecule has 0 bridgehead atoms. The molecule has 1 saturated heterocycles. The molecule has 5 heterocycles. The number of aryl methyl sites for hydroxylation is 2. The molecule has 0 spiro atoms. The first-order valence-electron chi connectivity index (χ1n) is 17.2. The van der Waals surface area contributed by atoms with Gasteiger partial charge in [0.2, 0.25) is 17.7 Å². The minimum absolute atomic E-state index is 0.0239. The summed E-state index contributed by atoms with van der Waals surface area (Å²) in [5.41, 5.74) is 3.24. The number of ether oxygens (including phenoxy) is 1. The Labute approximate surface area is 316 Å². The third kappa shape index (κ3) is 6.91. The van der Waals surface area contributed by atoms with Crippen LogP contribution in [0.25, 0.3) is 5.00 Å². The molecule has 2 atom stereocenters. The number of aliphatic imine (C=N–C) groups is 1. The molecule has 7 rings (SSSR count). The molecular formula is C37H34ClF2N7O6S. The Bertz CT molecular complexity index is 2250. The summed E-state index contributed by atoms with van der Waals surface area (Å²) in [4.78, 5) is 70.5.